The fraction of sp³-hybridized carbons (Fsp3) is 0.0870. The molecule has 0 radical (unpaired) electrons. The van der Waals surface area contributed by atoms with E-state index >= 15 is 0 Å². The van der Waals surface area contributed by atoms with Gasteiger partial charge in [0.25, 0.3) is 11.8 Å². The zero-order valence-electron chi connectivity index (χ0n) is 17.2. The second-order valence-corrected chi connectivity index (χ2v) is 8.52. The minimum Gasteiger partial charge on any atom is -0.493 e. The number of benzene rings is 3. The second kappa shape index (κ2) is 8.27. The van der Waals surface area contributed by atoms with E-state index in [0.29, 0.717) is 5.56 Å². The van der Waals surface area contributed by atoms with Crippen molar-refractivity contribution in [1.29, 1.82) is 0 Å². The molecule has 2 amide bonds. The third kappa shape index (κ3) is 3.97. The third-order valence-electron chi connectivity index (χ3n) is 4.79. The summed E-state index contributed by atoms with van der Waals surface area (Å²) in [7, 11) is -2.69. The van der Waals surface area contributed by atoms with Gasteiger partial charge in [-0.15, -0.1) is 0 Å². The SMILES string of the molecule is COc1cc(/C=N\N2C(=O)c3ccccc3C2=O)ccc1OS(=O)(=O)c1ccc(C)cc1. The van der Waals surface area contributed by atoms with E-state index < -0.39 is 21.9 Å². The first-order chi connectivity index (χ1) is 15.3. The van der Waals surface area contributed by atoms with Crippen LogP contribution in [0.15, 0.2) is 76.7 Å². The van der Waals surface area contributed by atoms with Crippen LogP contribution in [0.5, 0.6) is 11.5 Å². The van der Waals surface area contributed by atoms with Gasteiger partial charge in [-0.2, -0.15) is 18.5 Å². The molecule has 0 saturated heterocycles. The van der Waals surface area contributed by atoms with Gasteiger partial charge in [-0.25, -0.2) is 0 Å². The average Bonchev–Trinajstić information content (AvgIpc) is 3.03. The van der Waals surface area contributed by atoms with Gasteiger partial charge in [-0.1, -0.05) is 29.8 Å². The predicted octanol–water partition coefficient (Wildman–Crippen LogP) is 3.40. The molecule has 0 saturated carbocycles. The van der Waals surface area contributed by atoms with E-state index in [1.807, 2.05) is 6.92 Å². The molecule has 1 heterocycles. The molecule has 0 aromatic heterocycles. The zero-order chi connectivity index (χ0) is 22.9. The van der Waals surface area contributed by atoms with Crippen LogP contribution in [-0.4, -0.2) is 38.6 Å². The Morgan fingerprint density at radius 1 is 0.875 bits per heavy atom. The number of nitrogens with zero attached hydrogens (tertiary/aromatic N) is 2. The minimum absolute atomic E-state index is 0.00837. The van der Waals surface area contributed by atoms with Crippen LogP contribution in [0, 0.1) is 6.92 Å². The number of ether oxygens (including phenoxy) is 1. The highest BCUT2D eigenvalue weighted by Gasteiger charge is 2.35. The molecule has 0 aliphatic carbocycles. The average molecular weight is 450 g/mol. The summed E-state index contributed by atoms with van der Waals surface area (Å²) in [6, 6.07) is 17.2. The molecule has 0 N–H and O–H groups in total. The van der Waals surface area contributed by atoms with Gasteiger partial charge in [0, 0.05) is 0 Å². The Morgan fingerprint density at radius 3 is 2.09 bits per heavy atom. The highest BCUT2D eigenvalue weighted by atomic mass is 32.2. The van der Waals surface area contributed by atoms with Gasteiger partial charge in [0.15, 0.2) is 11.5 Å². The molecule has 3 aromatic carbocycles. The molecular weight excluding hydrogens is 432 g/mol. The maximum atomic E-state index is 12.6. The standard InChI is InChI=1S/C23H18N2O6S/c1-15-7-10-17(11-8-15)32(28,29)31-20-12-9-16(13-21(20)30-2)14-24-25-22(26)18-5-3-4-6-19(18)23(25)27/h3-14H,1-2H3/b24-14-. The van der Waals surface area contributed by atoms with Crippen LogP contribution in [0.4, 0.5) is 0 Å². The number of carbonyl (C=O) groups is 2. The lowest BCUT2D eigenvalue weighted by atomic mass is 10.1. The molecule has 4 rings (SSSR count). The van der Waals surface area contributed by atoms with Crippen molar-refractivity contribution in [2.45, 2.75) is 11.8 Å². The Labute approximate surface area is 184 Å². The quantitative estimate of drug-likeness (QED) is 0.324. The van der Waals surface area contributed by atoms with Gasteiger partial charge >= 0.3 is 10.1 Å². The highest BCUT2D eigenvalue weighted by Crippen LogP contribution is 2.31. The van der Waals surface area contributed by atoms with Crippen molar-refractivity contribution in [3.63, 3.8) is 0 Å². The summed E-state index contributed by atoms with van der Waals surface area (Å²) in [6.07, 6.45) is 1.31. The van der Waals surface area contributed by atoms with Gasteiger partial charge in [0.1, 0.15) is 4.90 Å². The van der Waals surface area contributed by atoms with E-state index in [0.717, 1.165) is 10.6 Å². The van der Waals surface area contributed by atoms with Crippen LogP contribution in [0.3, 0.4) is 0 Å². The zero-order valence-corrected chi connectivity index (χ0v) is 18.0. The molecule has 0 unspecified atom stereocenters. The largest absolute Gasteiger partial charge is 0.493 e. The molecule has 3 aromatic rings. The highest BCUT2D eigenvalue weighted by molar-refractivity contribution is 7.87. The number of hydrazone groups is 1. The molecule has 162 valence electrons. The van der Waals surface area contributed by atoms with Gasteiger partial charge in [0.2, 0.25) is 0 Å². The molecule has 32 heavy (non-hydrogen) atoms. The summed E-state index contributed by atoms with van der Waals surface area (Å²) >= 11 is 0. The molecular formula is C23H18N2O6S. The van der Waals surface area contributed by atoms with Gasteiger partial charge in [-0.05, 0) is 55.0 Å². The van der Waals surface area contributed by atoms with Crippen molar-refractivity contribution in [3.8, 4) is 11.5 Å². The Hall–Kier alpha value is -3.98. The van der Waals surface area contributed by atoms with Crippen molar-refractivity contribution in [2.75, 3.05) is 7.11 Å². The third-order valence-corrected chi connectivity index (χ3v) is 6.04. The maximum absolute atomic E-state index is 12.6. The number of imide groups is 1. The fourth-order valence-corrected chi connectivity index (χ4v) is 4.05. The van der Waals surface area contributed by atoms with E-state index in [2.05, 4.69) is 5.10 Å². The predicted molar refractivity (Wildman–Crippen MR) is 117 cm³/mol. The summed E-state index contributed by atoms with van der Waals surface area (Å²) in [5, 5.41) is 4.78. The molecule has 1 aliphatic rings. The topological polar surface area (TPSA) is 102 Å². The van der Waals surface area contributed by atoms with Gasteiger partial charge in [0.05, 0.1) is 24.5 Å². The molecule has 0 bridgehead atoms. The van der Waals surface area contributed by atoms with E-state index in [1.165, 1.54) is 43.7 Å². The molecule has 1 aliphatic heterocycles. The van der Waals surface area contributed by atoms with E-state index in [4.69, 9.17) is 8.92 Å². The van der Waals surface area contributed by atoms with Crippen LogP contribution >= 0.6 is 0 Å². The van der Waals surface area contributed by atoms with E-state index in [-0.39, 0.29) is 27.5 Å². The van der Waals surface area contributed by atoms with Gasteiger partial charge in [-0.3, -0.25) is 9.59 Å². The summed E-state index contributed by atoms with van der Waals surface area (Å²) < 4.78 is 35.6. The Balaban J connectivity index is 1.56. The number of methoxy groups -OCH3 is 1. The summed E-state index contributed by atoms with van der Waals surface area (Å²) in [4.78, 5) is 24.8. The van der Waals surface area contributed by atoms with Crippen LogP contribution in [0.25, 0.3) is 0 Å². The maximum Gasteiger partial charge on any atom is 0.339 e. The number of rotatable bonds is 6. The lowest BCUT2D eigenvalue weighted by molar-refractivity contribution is 0.0660. The number of aryl methyl sites for hydroxylation is 1. The lowest BCUT2D eigenvalue weighted by Crippen LogP contribution is -2.24. The van der Waals surface area contributed by atoms with Crippen molar-refractivity contribution < 1.29 is 26.9 Å². The molecule has 0 spiro atoms. The Kier molecular flexibility index (Phi) is 5.50. The van der Waals surface area contributed by atoms with Crippen LogP contribution in [0.1, 0.15) is 31.8 Å². The first kappa shape index (κ1) is 21.3. The number of fused-ring (bicyclic) bond motifs is 1. The molecule has 9 heteroatoms. The fourth-order valence-electron chi connectivity index (χ4n) is 3.11. The number of hydrogen-bond acceptors (Lipinski definition) is 7. The summed E-state index contributed by atoms with van der Waals surface area (Å²) in [5.74, 6) is -0.895. The summed E-state index contributed by atoms with van der Waals surface area (Å²) in [6.45, 7) is 1.85. The van der Waals surface area contributed by atoms with Crippen molar-refractivity contribution in [1.82, 2.24) is 5.01 Å². The van der Waals surface area contributed by atoms with Crippen molar-refractivity contribution >= 4 is 28.1 Å². The summed E-state index contributed by atoms with van der Waals surface area (Å²) in [5.41, 5.74) is 1.97. The van der Waals surface area contributed by atoms with E-state index in [9.17, 15) is 18.0 Å². The normalized spacial score (nSPS) is 13.5. The molecule has 0 atom stereocenters. The van der Waals surface area contributed by atoms with Crippen molar-refractivity contribution in [2.24, 2.45) is 5.10 Å². The Bertz CT molecular complexity index is 1310. The smallest absolute Gasteiger partial charge is 0.339 e. The van der Waals surface area contributed by atoms with Gasteiger partial charge < -0.3 is 8.92 Å². The van der Waals surface area contributed by atoms with Crippen molar-refractivity contribution in [3.05, 3.63) is 89.0 Å². The minimum atomic E-state index is -4.06. The molecule has 0 fully saturated rings. The lowest BCUT2D eigenvalue weighted by Gasteiger charge is -2.12. The van der Waals surface area contributed by atoms with E-state index in [1.54, 1.807) is 36.4 Å². The monoisotopic (exact) mass is 450 g/mol. The van der Waals surface area contributed by atoms with Crippen LogP contribution < -0.4 is 8.92 Å². The first-order valence-electron chi connectivity index (χ1n) is 9.51. The Morgan fingerprint density at radius 2 is 1.50 bits per heavy atom. The number of carbonyl (C=O) groups excluding carboxylic acids is 2. The van der Waals surface area contributed by atoms with Crippen LogP contribution in [0.2, 0.25) is 0 Å². The second-order valence-electron chi connectivity index (χ2n) is 6.97. The molecule has 8 nitrogen and oxygen atoms in total. The van der Waals surface area contributed by atoms with Crippen LogP contribution in [-0.2, 0) is 10.1 Å². The first-order valence-corrected chi connectivity index (χ1v) is 10.9. The number of hydrogen-bond donors (Lipinski definition) is 0. The number of amides is 2.